The van der Waals surface area contributed by atoms with Crippen LogP contribution >= 0.6 is 12.2 Å². The van der Waals surface area contributed by atoms with Gasteiger partial charge in [-0.3, -0.25) is 0 Å². The van der Waals surface area contributed by atoms with Gasteiger partial charge in [-0.15, -0.1) is 0 Å². The normalized spacial score (nSPS) is 19.9. The zero-order valence-corrected chi connectivity index (χ0v) is 9.59. The van der Waals surface area contributed by atoms with Crippen LogP contribution in [0.1, 0.15) is 24.0 Å². The van der Waals surface area contributed by atoms with Crippen LogP contribution in [0.15, 0.2) is 24.3 Å². The highest BCUT2D eigenvalue weighted by molar-refractivity contribution is 7.80. The smallest absolute Gasteiger partial charge is 0.0813 e. The summed E-state index contributed by atoms with van der Waals surface area (Å²) in [5.41, 5.74) is 2.97. The first-order valence-corrected chi connectivity index (χ1v) is 6.11. The van der Waals surface area contributed by atoms with E-state index in [1.807, 2.05) is 0 Å². The molecular formula is C13H15NS. The number of hydrogen-bond donors (Lipinski definition) is 0. The van der Waals surface area contributed by atoms with Crippen LogP contribution in [0.2, 0.25) is 0 Å². The number of nitrogens with zero attached hydrogens (tertiary/aromatic N) is 1. The van der Waals surface area contributed by atoms with Gasteiger partial charge < -0.3 is 4.90 Å². The van der Waals surface area contributed by atoms with Crippen LogP contribution in [-0.4, -0.2) is 16.4 Å². The first kappa shape index (κ1) is 9.34. The van der Waals surface area contributed by atoms with Crippen LogP contribution in [0.4, 0.5) is 0 Å². The Morgan fingerprint density at radius 2 is 1.93 bits per heavy atom. The van der Waals surface area contributed by atoms with E-state index in [0.29, 0.717) is 0 Å². The monoisotopic (exact) mass is 217 g/mol. The van der Waals surface area contributed by atoms with Crippen molar-refractivity contribution in [1.29, 1.82) is 0 Å². The van der Waals surface area contributed by atoms with Gasteiger partial charge in [-0.25, -0.2) is 0 Å². The van der Waals surface area contributed by atoms with Crippen molar-refractivity contribution in [1.82, 2.24) is 4.90 Å². The molecule has 0 N–H and O–H groups in total. The Hall–Kier alpha value is -0.890. The van der Waals surface area contributed by atoms with E-state index in [1.54, 1.807) is 0 Å². The molecule has 1 fully saturated rings. The van der Waals surface area contributed by atoms with Crippen LogP contribution in [0.3, 0.4) is 0 Å². The van der Waals surface area contributed by atoms with E-state index in [2.05, 4.69) is 29.2 Å². The summed E-state index contributed by atoms with van der Waals surface area (Å²) in [6, 6.07) is 8.74. The minimum atomic E-state index is 0.727. The van der Waals surface area contributed by atoms with Gasteiger partial charge >= 0.3 is 0 Å². The largest absolute Gasteiger partial charge is 0.361 e. The minimum Gasteiger partial charge on any atom is -0.361 e. The first-order valence-electron chi connectivity index (χ1n) is 5.70. The molecule has 78 valence electrons. The summed E-state index contributed by atoms with van der Waals surface area (Å²) in [7, 11) is 0. The highest BCUT2D eigenvalue weighted by atomic mass is 32.1. The molecule has 1 aliphatic carbocycles. The molecule has 0 aromatic heterocycles. The molecule has 2 heteroatoms. The molecule has 1 saturated carbocycles. The van der Waals surface area contributed by atoms with Crippen LogP contribution < -0.4 is 0 Å². The van der Waals surface area contributed by atoms with E-state index in [0.717, 1.165) is 25.4 Å². The lowest BCUT2D eigenvalue weighted by molar-refractivity contribution is 0.391. The average Bonchev–Trinajstić information content (AvgIpc) is 3.11. The van der Waals surface area contributed by atoms with Gasteiger partial charge in [0.25, 0.3) is 0 Å². The second-order valence-corrected chi connectivity index (χ2v) is 4.97. The molecule has 1 aliphatic heterocycles. The number of fused-ring (bicyclic) bond motifs is 1. The predicted octanol–water partition coefficient (Wildman–Crippen LogP) is 2.78. The Balaban J connectivity index is 1.79. The molecule has 2 aliphatic rings. The average molecular weight is 217 g/mol. The van der Waals surface area contributed by atoms with Crippen molar-refractivity contribution in [3.63, 3.8) is 0 Å². The van der Waals surface area contributed by atoms with Crippen molar-refractivity contribution in [2.75, 3.05) is 6.54 Å². The number of benzene rings is 1. The fraction of sp³-hybridized carbons (Fsp3) is 0.462. The molecular weight excluding hydrogens is 202 g/mol. The van der Waals surface area contributed by atoms with E-state index in [-0.39, 0.29) is 0 Å². The Morgan fingerprint density at radius 3 is 2.67 bits per heavy atom. The number of hydrogen-bond acceptors (Lipinski definition) is 1. The molecule has 1 aromatic rings. The molecule has 0 amide bonds. The zero-order chi connectivity index (χ0) is 10.3. The van der Waals surface area contributed by atoms with Gasteiger partial charge in [-0.2, -0.15) is 0 Å². The molecule has 0 bridgehead atoms. The Kier molecular flexibility index (Phi) is 2.24. The van der Waals surface area contributed by atoms with Gasteiger partial charge in [0.05, 0.1) is 4.99 Å². The first-order chi connectivity index (χ1) is 7.34. The Morgan fingerprint density at radius 1 is 1.20 bits per heavy atom. The van der Waals surface area contributed by atoms with Crippen molar-refractivity contribution in [3.05, 3.63) is 35.4 Å². The summed E-state index contributed by atoms with van der Waals surface area (Å²) in [6.07, 6.45) is 3.79. The molecule has 3 rings (SSSR count). The molecule has 15 heavy (non-hydrogen) atoms. The molecule has 1 heterocycles. The number of thiocarbonyl (C=S) groups is 1. The summed E-state index contributed by atoms with van der Waals surface area (Å²) in [5, 5.41) is 0. The van der Waals surface area contributed by atoms with Crippen LogP contribution in [0.25, 0.3) is 0 Å². The van der Waals surface area contributed by atoms with Crippen molar-refractivity contribution in [3.8, 4) is 0 Å². The summed E-state index contributed by atoms with van der Waals surface area (Å²) >= 11 is 5.52. The van der Waals surface area contributed by atoms with Gasteiger partial charge in [0.15, 0.2) is 0 Å². The van der Waals surface area contributed by atoms with Gasteiger partial charge in [0, 0.05) is 19.0 Å². The highest BCUT2D eigenvalue weighted by Gasteiger charge is 2.31. The maximum Gasteiger partial charge on any atom is 0.0813 e. The minimum absolute atomic E-state index is 0.727. The van der Waals surface area contributed by atoms with Crippen molar-refractivity contribution in [2.24, 2.45) is 5.92 Å². The van der Waals surface area contributed by atoms with Gasteiger partial charge in [0.1, 0.15) is 0 Å². The standard InChI is InChI=1S/C13H15NS/c15-13(11-5-6-11)14-8-7-10-3-1-2-4-12(10)9-14/h1-4,11H,5-9H2. The fourth-order valence-corrected chi connectivity index (χ4v) is 2.66. The second kappa shape index (κ2) is 3.60. The molecule has 0 unspecified atom stereocenters. The Labute approximate surface area is 96.1 Å². The zero-order valence-electron chi connectivity index (χ0n) is 8.78. The van der Waals surface area contributed by atoms with Gasteiger partial charge in [0.2, 0.25) is 0 Å². The van der Waals surface area contributed by atoms with Crippen molar-refractivity contribution in [2.45, 2.75) is 25.8 Å². The molecule has 0 radical (unpaired) electrons. The van der Waals surface area contributed by atoms with E-state index >= 15 is 0 Å². The van der Waals surface area contributed by atoms with Crippen LogP contribution in [0.5, 0.6) is 0 Å². The van der Waals surface area contributed by atoms with E-state index < -0.39 is 0 Å². The van der Waals surface area contributed by atoms with Gasteiger partial charge in [-0.1, -0.05) is 36.5 Å². The summed E-state index contributed by atoms with van der Waals surface area (Å²) < 4.78 is 0. The molecule has 1 aromatic carbocycles. The van der Waals surface area contributed by atoms with Crippen molar-refractivity contribution < 1.29 is 0 Å². The van der Waals surface area contributed by atoms with Gasteiger partial charge in [-0.05, 0) is 30.4 Å². The lowest BCUT2D eigenvalue weighted by atomic mass is 10.00. The number of rotatable bonds is 1. The van der Waals surface area contributed by atoms with Crippen LogP contribution in [0, 0.1) is 5.92 Å². The third-order valence-corrected chi connectivity index (χ3v) is 3.96. The van der Waals surface area contributed by atoms with Crippen LogP contribution in [-0.2, 0) is 13.0 Å². The molecule has 0 atom stereocenters. The lowest BCUT2D eigenvalue weighted by Crippen LogP contribution is -2.35. The predicted molar refractivity (Wildman–Crippen MR) is 65.9 cm³/mol. The maximum atomic E-state index is 5.52. The molecule has 0 saturated heterocycles. The summed E-state index contributed by atoms with van der Waals surface area (Å²) in [5.74, 6) is 0.727. The van der Waals surface area contributed by atoms with E-state index in [9.17, 15) is 0 Å². The van der Waals surface area contributed by atoms with Crippen molar-refractivity contribution >= 4 is 17.2 Å². The molecule has 1 nitrogen and oxygen atoms in total. The fourth-order valence-electron chi connectivity index (χ4n) is 2.27. The topological polar surface area (TPSA) is 3.24 Å². The second-order valence-electron chi connectivity index (χ2n) is 4.55. The quantitative estimate of drug-likeness (QED) is 0.665. The SMILES string of the molecule is S=C(C1CC1)N1CCc2ccccc2C1. The summed E-state index contributed by atoms with van der Waals surface area (Å²) in [6.45, 7) is 2.15. The highest BCUT2D eigenvalue weighted by Crippen LogP contribution is 2.33. The third kappa shape index (κ3) is 1.78. The third-order valence-electron chi connectivity index (χ3n) is 3.37. The Bertz CT molecular complexity index is 395. The van der Waals surface area contributed by atoms with E-state index in [1.165, 1.54) is 29.0 Å². The summed E-state index contributed by atoms with van der Waals surface area (Å²) in [4.78, 5) is 3.61. The van der Waals surface area contributed by atoms with E-state index in [4.69, 9.17) is 12.2 Å². The molecule has 0 spiro atoms. The lowest BCUT2D eigenvalue weighted by Gasteiger charge is -2.31. The maximum absolute atomic E-state index is 5.52.